The Morgan fingerprint density at radius 1 is 0.769 bits per heavy atom. The lowest BCUT2D eigenvalue weighted by atomic mass is 10.1. The van der Waals surface area contributed by atoms with Crippen LogP contribution in [0.5, 0.6) is 0 Å². The molecule has 0 saturated carbocycles. The number of hydrogen-bond donors (Lipinski definition) is 0. The molecule has 0 amide bonds. The molecule has 0 saturated heterocycles. The highest BCUT2D eigenvalue weighted by Crippen LogP contribution is 2.38. The van der Waals surface area contributed by atoms with Gasteiger partial charge in [-0.2, -0.15) is 0 Å². The van der Waals surface area contributed by atoms with Gasteiger partial charge in [0, 0.05) is 21.6 Å². The van der Waals surface area contributed by atoms with E-state index >= 15 is 0 Å². The molecule has 0 aliphatic carbocycles. The predicted octanol–water partition coefficient (Wildman–Crippen LogP) is 6.62. The molecule has 3 aromatic carbocycles. The molecule has 5 heteroatoms. The van der Waals surface area contributed by atoms with Crippen LogP contribution in [0.25, 0.3) is 44.5 Å². The van der Waals surface area contributed by atoms with Crippen LogP contribution in [0.4, 0.5) is 5.69 Å². The molecule has 0 radical (unpaired) electrons. The summed E-state index contributed by atoms with van der Waals surface area (Å²) in [6, 6.07) is 27.0. The largest absolute Gasteiger partial charge is 0.435 e. The minimum atomic E-state index is 0.422. The first-order valence-corrected chi connectivity index (χ1v) is 8.13. The van der Waals surface area contributed by atoms with Crippen molar-refractivity contribution in [1.82, 2.24) is 4.98 Å². The number of benzene rings is 3. The average molecular weight is 338 g/mol. The van der Waals surface area contributed by atoms with Crippen molar-refractivity contribution < 1.29 is 4.42 Å². The molecular weight excluding hydrogens is 324 g/mol. The average Bonchev–Trinajstić information content (AvgIpc) is 3.15. The fraction of sp³-hybridized carbons (Fsp3) is 0. The van der Waals surface area contributed by atoms with E-state index in [9.17, 15) is 0 Å². The molecule has 5 nitrogen and oxygen atoms in total. The summed E-state index contributed by atoms with van der Waals surface area (Å²) < 4.78 is 6.13. The lowest BCUT2D eigenvalue weighted by Crippen LogP contribution is -1.82. The molecule has 0 aliphatic rings. The molecular formula is C21H14N4O. The molecule has 0 aliphatic heterocycles. The number of hydrogen-bond acceptors (Lipinski definition) is 3. The van der Waals surface area contributed by atoms with Crippen LogP contribution >= 0.6 is 0 Å². The molecule has 4 aromatic rings. The van der Waals surface area contributed by atoms with Crippen LogP contribution in [0.3, 0.4) is 0 Å². The highest BCUT2D eigenvalue weighted by molar-refractivity contribution is 5.80. The Balaban J connectivity index is 1.94. The molecule has 1 aromatic heterocycles. The highest BCUT2D eigenvalue weighted by atomic mass is 16.4. The first-order valence-electron chi connectivity index (χ1n) is 8.13. The molecule has 26 heavy (non-hydrogen) atoms. The number of oxazole rings is 1. The summed E-state index contributed by atoms with van der Waals surface area (Å²) in [5.41, 5.74) is 12.6. The molecule has 0 atom stereocenters. The van der Waals surface area contributed by atoms with Gasteiger partial charge in [-0.3, -0.25) is 0 Å². The van der Waals surface area contributed by atoms with E-state index in [-0.39, 0.29) is 0 Å². The van der Waals surface area contributed by atoms with Crippen LogP contribution in [0, 0.1) is 0 Å². The van der Waals surface area contributed by atoms with Gasteiger partial charge in [-0.05, 0) is 11.6 Å². The van der Waals surface area contributed by atoms with Crippen molar-refractivity contribution in [3.05, 3.63) is 95.4 Å². The van der Waals surface area contributed by atoms with Crippen molar-refractivity contribution in [3.63, 3.8) is 0 Å². The zero-order valence-corrected chi connectivity index (χ0v) is 13.8. The Morgan fingerprint density at radius 2 is 1.38 bits per heavy atom. The number of rotatable bonds is 4. The standard InChI is InChI=1S/C21H14N4O/c22-25-24-18-14-8-7-13-17(18)21-23-19(15-9-3-1-4-10-15)20(26-21)16-11-5-2-6-12-16/h1-14H. The van der Waals surface area contributed by atoms with Gasteiger partial charge in [0.1, 0.15) is 5.69 Å². The lowest BCUT2D eigenvalue weighted by molar-refractivity contribution is 0.589. The van der Waals surface area contributed by atoms with E-state index in [4.69, 9.17) is 14.9 Å². The predicted molar refractivity (Wildman–Crippen MR) is 102 cm³/mol. The summed E-state index contributed by atoms with van der Waals surface area (Å²) in [5, 5.41) is 3.75. The van der Waals surface area contributed by atoms with Crippen LogP contribution in [-0.4, -0.2) is 4.98 Å². The van der Waals surface area contributed by atoms with Gasteiger partial charge in [0.05, 0.1) is 5.69 Å². The second-order valence-electron chi connectivity index (χ2n) is 5.64. The lowest BCUT2D eigenvalue weighted by Gasteiger charge is -2.01. The van der Waals surface area contributed by atoms with Crippen LogP contribution in [0.15, 0.2) is 94.5 Å². The molecule has 0 N–H and O–H groups in total. The molecule has 124 valence electrons. The Morgan fingerprint density at radius 3 is 2.08 bits per heavy atom. The van der Waals surface area contributed by atoms with Gasteiger partial charge in [-0.15, -0.1) is 0 Å². The monoisotopic (exact) mass is 338 g/mol. The van der Waals surface area contributed by atoms with Gasteiger partial charge in [0.25, 0.3) is 0 Å². The summed E-state index contributed by atoms with van der Waals surface area (Å²) in [4.78, 5) is 7.61. The summed E-state index contributed by atoms with van der Waals surface area (Å²) >= 11 is 0. The maximum absolute atomic E-state index is 8.81. The normalized spacial score (nSPS) is 10.3. The third-order valence-corrected chi connectivity index (χ3v) is 4.00. The van der Waals surface area contributed by atoms with Crippen molar-refractivity contribution in [2.45, 2.75) is 0 Å². The molecule has 1 heterocycles. The number of azide groups is 1. The first kappa shape index (κ1) is 15.7. The molecule has 0 bridgehead atoms. The van der Waals surface area contributed by atoms with Crippen molar-refractivity contribution >= 4 is 5.69 Å². The third-order valence-electron chi connectivity index (χ3n) is 4.00. The van der Waals surface area contributed by atoms with E-state index in [2.05, 4.69) is 10.0 Å². The fourth-order valence-corrected chi connectivity index (χ4v) is 2.80. The van der Waals surface area contributed by atoms with E-state index in [1.165, 1.54) is 0 Å². The molecule has 0 unspecified atom stereocenters. The van der Waals surface area contributed by atoms with Gasteiger partial charge < -0.3 is 4.42 Å². The van der Waals surface area contributed by atoms with Gasteiger partial charge in [-0.25, -0.2) is 4.98 Å². The summed E-state index contributed by atoms with van der Waals surface area (Å²) in [7, 11) is 0. The SMILES string of the molecule is [N-]=[N+]=Nc1ccccc1-c1nc(-c2ccccc2)c(-c2ccccc2)o1. The first-order chi connectivity index (χ1) is 12.9. The van der Waals surface area contributed by atoms with E-state index in [1.807, 2.05) is 78.9 Å². The van der Waals surface area contributed by atoms with Gasteiger partial charge in [0.2, 0.25) is 5.89 Å². The van der Waals surface area contributed by atoms with E-state index < -0.39 is 0 Å². The highest BCUT2D eigenvalue weighted by Gasteiger charge is 2.19. The number of aromatic nitrogens is 1. The quantitative estimate of drug-likeness (QED) is 0.238. The van der Waals surface area contributed by atoms with E-state index in [0.29, 0.717) is 22.9 Å². The van der Waals surface area contributed by atoms with Gasteiger partial charge in [0.15, 0.2) is 5.76 Å². The van der Waals surface area contributed by atoms with Gasteiger partial charge in [-0.1, -0.05) is 84.0 Å². The van der Waals surface area contributed by atoms with Crippen LogP contribution in [0.1, 0.15) is 0 Å². The summed E-state index contributed by atoms with van der Waals surface area (Å²) in [5.74, 6) is 1.10. The Labute approximate surface area is 150 Å². The zero-order valence-electron chi connectivity index (χ0n) is 13.8. The van der Waals surface area contributed by atoms with Crippen molar-refractivity contribution in [1.29, 1.82) is 0 Å². The maximum Gasteiger partial charge on any atom is 0.227 e. The van der Waals surface area contributed by atoms with Crippen LogP contribution < -0.4 is 0 Å². The Hall–Kier alpha value is -3.82. The topological polar surface area (TPSA) is 74.8 Å². The van der Waals surface area contributed by atoms with Crippen molar-refractivity contribution in [2.75, 3.05) is 0 Å². The summed E-state index contributed by atoms with van der Waals surface area (Å²) in [6.07, 6.45) is 0. The Kier molecular flexibility index (Phi) is 4.21. The Bertz CT molecular complexity index is 1020. The second kappa shape index (κ2) is 6.97. The molecule has 0 spiro atoms. The van der Waals surface area contributed by atoms with Crippen molar-refractivity contribution in [2.24, 2.45) is 5.11 Å². The molecule has 4 rings (SSSR count). The maximum atomic E-state index is 8.81. The van der Waals surface area contributed by atoms with Crippen LogP contribution in [0.2, 0.25) is 0 Å². The van der Waals surface area contributed by atoms with Crippen molar-refractivity contribution in [3.8, 4) is 34.0 Å². The number of nitrogens with zero attached hydrogens (tertiary/aromatic N) is 4. The second-order valence-corrected chi connectivity index (χ2v) is 5.64. The minimum Gasteiger partial charge on any atom is -0.435 e. The molecule has 0 fully saturated rings. The van der Waals surface area contributed by atoms with E-state index in [1.54, 1.807) is 6.07 Å². The zero-order chi connectivity index (χ0) is 17.8. The third kappa shape index (κ3) is 2.95. The minimum absolute atomic E-state index is 0.422. The van der Waals surface area contributed by atoms with Gasteiger partial charge >= 0.3 is 0 Å². The van der Waals surface area contributed by atoms with Crippen LogP contribution in [-0.2, 0) is 0 Å². The fourth-order valence-electron chi connectivity index (χ4n) is 2.80. The smallest absolute Gasteiger partial charge is 0.227 e. The van der Waals surface area contributed by atoms with E-state index in [0.717, 1.165) is 16.8 Å². The summed E-state index contributed by atoms with van der Waals surface area (Å²) in [6.45, 7) is 0.